The van der Waals surface area contributed by atoms with Crippen LogP contribution in [0.4, 0.5) is 0 Å². The van der Waals surface area contributed by atoms with Crippen LogP contribution in [-0.2, 0) is 9.59 Å². The molecular formula is C27H42O2. The van der Waals surface area contributed by atoms with Gasteiger partial charge in [0.1, 0.15) is 5.78 Å². The van der Waals surface area contributed by atoms with Gasteiger partial charge in [-0.2, -0.15) is 0 Å². The van der Waals surface area contributed by atoms with E-state index in [1.807, 2.05) is 0 Å². The molecule has 4 aliphatic rings. The Morgan fingerprint density at radius 2 is 1.62 bits per heavy atom. The minimum atomic E-state index is -0.0477. The van der Waals surface area contributed by atoms with Gasteiger partial charge in [0.15, 0.2) is 5.78 Å². The average molecular weight is 399 g/mol. The van der Waals surface area contributed by atoms with Crippen molar-refractivity contribution in [3.63, 3.8) is 0 Å². The summed E-state index contributed by atoms with van der Waals surface area (Å²) in [5.41, 5.74) is 1.67. The van der Waals surface area contributed by atoms with Crippen molar-refractivity contribution in [2.45, 2.75) is 111 Å². The van der Waals surface area contributed by atoms with Gasteiger partial charge in [0.05, 0.1) is 0 Å². The number of rotatable bonds is 7. The lowest BCUT2D eigenvalue weighted by Crippen LogP contribution is -2.52. The van der Waals surface area contributed by atoms with E-state index < -0.39 is 0 Å². The molecule has 2 heteroatoms. The molecule has 6 atom stereocenters. The highest BCUT2D eigenvalue weighted by atomic mass is 16.1. The van der Waals surface area contributed by atoms with Gasteiger partial charge >= 0.3 is 0 Å². The quantitative estimate of drug-likeness (QED) is 0.430. The number of Topliss-reactive ketones (excluding diaryl/α,β-unsaturated/α-hetero) is 1. The molecule has 0 spiro atoms. The third-order valence-corrected chi connectivity index (χ3v) is 9.73. The largest absolute Gasteiger partial charge is 0.299 e. The van der Waals surface area contributed by atoms with Gasteiger partial charge in [-0.3, -0.25) is 9.59 Å². The maximum Gasteiger partial charge on any atom is 0.155 e. The predicted molar refractivity (Wildman–Crippen MR) is 119 cm³/mol. The zero-order valence-corrected chi connectivity index (χ0v) is 19.1. The van der Waals surface area contributed by atoms with Crippen molar-refractivity contribution in [3.8, 4) is 0 Å². The SMILES string of the molecule is CCCCCCCC[C@@H]1CC2C(CC[C@]3(C)C(=O)CCC23)[C@@]2(C)CCC(=O)C=C12. The number of hydrogen-bond acceptors (Lipinski definition) is 2. The minimum Gasteiger partial charge on any atom is -0.299 e. The predicted octanol–water partition coefficient (Wildman–Crippen LogP) is 7.06. The molecule has 162 valence electrons. The van der Waals surface area contributed by atoms with Crippen LogP contribution in [0.2, 0.25) is 0 Å². The molecule has 3 saturated carbocycles. The minimum absolute atomic E-state index is 0.0477. The second kappa shape index (κ2) is 8.31. The standard InChI is InChI=1S/C27H42O2/c1-4-5-6-7-8-9-10-19-17-21-22-11-12-25(29)27(22,3)16-14-23(21)26(2)15-13-20(28)18-24(19)26/h18-19,21-23H,4-17H2,1-3H3/t19-,21?,22?,23?,26-,27+/m1/s1. The maximum absolute atomic E-state index is 12.7. The number of unbranched alkanes of at least 4 members (excludes halogenated alkanes) is 5. The Kier molecular flexibility index (Phi) is 6.11. The lowest BCUT2D eigenvalue weighted by Gasteiger charge is -2.59. The number of fused-ring (bicyclic) bond motifs is 5. The summed E-state index contributed by atoms with van der Waals surface area (Å²) in [7, 11) is 0. The first-order valence-corrected chi connectivity index (χ1v) is 12.7. The van der Waals surface area contributed by atoms with Crippen LogP contribution < -0.4 is 0 Å². The van der Waals surface area contributed by atoms with Crippen molar-refractivity contribution < 1.29 is 9.59 Å². The van der Waals surface area contributed by atoms with E-state index in [-0.39, 0.29) is 10.8 Å². The Morgan fingerprint density at radius 1 is 0.897 bits per heavy atom. The molecule has 2 nitrogen and oxygen atoms in total. The van der Waals surface area contributed by atoms with Crippen LogP contribution in [-0.4, -0.2) is 11.6 Å². The van der Waals surface area contributed by atoms with Gasteiger partial charge < -0.3 is 0 Å². The molecule has 3 fully saturated rings. The van der Waals surface area contributed by atoms with E-state index >= 15 is 0 Å². The molecule has 0 N–H and O–H groups in total. The fraction of sp³-hybridized carbons (Fsp3) is 0.852. The van der Waals surface area contributed by atoms with Crippen LogP contribution in [0.3, 0.4) is 0 Å². The molecule has 0 amide bonds. The molecule has 4 rings (SSSR count). The highest BCUT2D eigenvalue weighted by molar-refractivity contribution is 5.92. The second-order valence-electron chi connectivity index (χ2n) is 11.3. The molecule has 0 aromatic rings. The summed E-state index contributed by atoms with van der Waals surface area (Å²) >= 11 is 0. The zero-order valence-electron chi connectivity index (χ0n) is 19.1. The van der Waals surface area contributed by atoms with Crippen LogP contribution in [0.5, 0.6) is 0 Å². The van der Waals surface area contributed by atoms with Crippen LogP contribution in [0.1, 0.15) is 111 Å². The van der Waals surface area contributed by atoms with Gasteiger partial charge in [-0.15, -0.1) is 0 Å². The first-order chi connectivity index (χ1) is 13.9. The van der Waals surface area contributed by atoms with E-state index in [2.05, 4.69) is 26.8 Å². The summed E-state index contributed by atoms with van der Waals surface area (Å²) in [6, 6.07) is 0. The van der Waals surface area contributed by atoms with Gasteiger partial charge in [-0.25, -0.2) is 0 Å². The summed E-state index contributed by atoms with van der Waals surface area (Å²) in [5, 5.41) is 0. The van der Waals surface area contributed by atoms with Crippen molar-refractivity contribution in [1.29, 1.82) is 0 Å². The smallest absolute Gasteiger partial charge is 0.155 e. The molecule has 0 saturated heterocycles. The summed E-state index contributed by atoms with van der Waals surface area (Å²) in [6.45, 7) is 7.04. The molecule has 0 aromatic heterocycles. The number of carbonyl (C=O) groups is 2. The summed E-state index contributed by atoms with van der Waals surface area (Å²) in [6.07, 6.45) is 18.6. The normalized spacial score (nSPS) is 41.6. The summed E-state index contributed by atoms with van der Waals surface area (Å²) in [5.74, 6) is 3.46. The van der Waals surface area contributed by atoms with Gasteiger partial charge in [-0.05, 0) is 73.7 Å². The zero-order chi connectivity index (χ0) is 20.6. The van der Waals surface area contributed by atoms with Crippen molar-refractivity contribution in [2.24, 2.45) is 34.5 Å². The van der Waals surface area contributed by atoms with Crippen molar-refractivity contribution in [3.05, 3.63) is 11.6 Å². The van der Waals surface area contributed by atoms with Crippen molar-refractivity contribution in [2.75, 3.05) is 0 Å². The second-order valence-corrected chi connectivity index (χ2v) is 11.3. The Hall–Kier alpha value is -0.920. The Bertz CT molecular complexity index is 676. The molecule has 4 aliphatic carbocycles. The topological polar surface area (TPSA) is 34.1 Å². The van der Waals surface area contributed by atoms with Gasteiger partial charge in [0.25, 0.3) is 0 Å². The third-order valence-electron chi connectivity index (χ3n) is 9.73. The first-order valence-electron chi connectivity index (χ1n) is 12.7. The van der Waals surface area contributed by atoms with E-state index in [4.69, 9.17) is 0 Å². The summed E-state index contributed by atoms with van der Waals surface area (Å²) in [4.78, 5) is 25.1. The molecule has 3 unspecified atom stereocenters. The van der Waals surface area contributed by atoms with E-state index in [9.17, 15) is 9.59 Å². The lowest BCUT2D eigenvalue weighted by atomic mass is 9.45. The number of carbonyl (C=O) groups excluding carboxylic acids is 2. The summed E-state index contributed by atoms with van der Waals surface area (Å²) < 4.78 is 0. The van der Waals surface area contributed by atoms with Crippen LogP contribution in [0, 0.1) is 34.5 Å². The molecular weight excluding hydrogens is 356 g/mol. The lowest BCUT2D eigenvalue weighted by molar-refractivity contribution is -0.133. The maximum atomic E-state index is 12.7. The fourth-order valence-electron chi connectivity index (χ4n) is 8.00. The molecule has 0 aliphatic heterocycles. The highest BCUT2D eigenvalue weighted by Gasteiger charge is 2.60. The Balaban J connectivity index is 1.53. The third kappa shape index (κ3) is 3.68. The fourth-order valence-corrected chi connectivity index (χ4v) is 8.00. The van der Waals surface area contributed by atoms with E-state index in [0.29, 0.717) is 35.2 Å². The Morgan fingerprint density at radius 3 is 2.41 bits per heavy atom. The molecule has 29 heavy (non-hydrogen) atoms. The monoisotopic (exact) mass is 398 g/mol. The molecule has 0 bridgehead atoms. The highest BCUT2D eigenvalue weighted by Crippen LogP contribution is 2.65. The van der Waals surface area contributed by atoms with Crippen molar-refractivity contribution >= 4 is 11.6 Å². The number of ketones is 2. The van der Waals surface area contributed by atoms with Crippen LogP contribution in [0.15, 0.2) is 11.6 Å². The van der Waals surface area contributed by atoms with Gasteiger partial charge in [0.2, 0.25) is 0 Å². The first kappa shape index (κ1) is 21.3. The van der Waals surface area contributed by atoms with E-state index in [0.717, 1.165) is 32.1 Å². The average Bonchev–Trinajstić information content (AvgIpc) is 3.00. The Labute approximate surface area is 178 Å². The van der Waals surface area contributed by atoms with Crippen molar-refractivity contribution in [1.82, 2.24) is 0 Å². The van der Waals surface area contributed by atoms with Gasteiger partial charge in [0, 0.05) is 18.3 Å². The number of allylic oxidation sites excluding steroid dienone is 1. The number of hydrogen-bond donors (Lipinski definition) is 0. The molecule has 0 radical (unpaired) electrons. The van der Waals surface area contributed by atoms with Crippen LogP contribution in [0.25, 0.3) is 0 Å². The molecule has 0 aromatic carbocycles. The van der Waals surface area contributed by atoms with Crippen LogP contribution >= 0.6 is 0 Å². The van der Waals surface area contributed by atoms with E-state index in [1.54, 1.807) is 0 Å². The van der Waals surface area contributed by atoms with Gasteiger partial charge in [-0.1, -0.05) is 64.9 Å². The van der Waals surface area contributed by atoms with E-state index in [1.165, 1.54) is 63.4 Å². The molecule has 0 heterocycles.